The van der Waals surface area contributed by atoms with E-state index in [1.54, 1.807) is 20.8 Å². The summed E-state index contributed by atoms with van der Waals surface area (Å²) in [6.07, 6.45) is 1.20. The van der Waals surface area contributed by atoms with Crippen LogP contribution >= 0.6 is 11.3 Å². The van der Waals surface area contributed by atoms with Crippen molar-refractivity contribution in [1.29, 1.82) is 0 Å². The molecule has 2 N–H and O–H groups in total. The molecular formula is C25H31N3O5S. The summed E-state index contributed by atoms with van der Waals surface area (Å²) in [5.41, 5.74) is 1.39. The van der Waals surface area contributed by atoms with E-state index in [1.807, 2.05) is 30.3 Å². The van der Waals surface area contributed by atoms with Crippen molar-refractivity contribution in [1.82, 2.24) is 14.9 Å². The Bertz CT molecular complexity index is 1190. The molecule has 2 aromatic heterocycles. The highest BCUT2D eigenvalue weighted by atomic mass is 32.1. The number of thiophene rings is 1. The molecule has 34 heavy (non-hydrogen) atoms. The Hall–Kier alpha value is -2.59. The van der Waals surface area contributed by atoms with Gasteiger partial charge in [-0.05, 0) is 44.7 Å². The first-order valence-corrected chi connectivity index (χ1v) is 12.4. The van der Waals surface area contributed by atoms with E-state index in [9.17, 15) is 14.7 Å². The topological polar surface area (TPSA) is 105 Å². The van der Waals surface area contributed by atoms with Gasteiger partial charge in [-0.25, -0.2) is 9.78 Å². The second-order valence-corrected chi connectivity index (χ2v) is 10.0. The molecule has 1 fully saturated rings. The van der Waals surface area contributed by atoms with E-state index in [4.69, 9.17) is 9.47 Å². The van der Waals surface area contributed by atoms with Gasteiger partial charge in [-0.2, -0.15) is 0 Å². The van der Waals surface area contributed by atoms with Gasteiger partial charge < -0.3 is 19.6 Å². The third kappa shape index (κ3) is 6.09. The van der Waals surface area contributed by atoms with Crippen LogP contribution in [0, 0.1) is 6.92 Å². The predicted octanol–water partition coefficient (Wildman–Crippen LogP) is 3.40. The number of ether oxygens (including phenoxy) is 2. The lowest BCUT2D eigenvalue weighted by molar-refractivity contribution is 0.00666. The van der Waals surface area contributed by atoms with Crippen molar-refractivity contribution in [2.75, 3.05) is 13.2 Å². The van der Waals surface area contributed by atoms with Crippen LogP contribution in [0.3, 0.4) is 0 Å². The minimum atomic E-state index is -0.652. The molecule has 0 saturated heterocycles. The van der Waals surface area contributed by atoms with Crippen LogP contribution in [0.4, 0.5) is 0 Å². The number of hydrogen-bond acceptors (Lipinski definition) is 8. The average molecular weight is 486 g/mol. The molecule has 0 spiro atoms. The summed E-state index contributed by atoms with van der Waals surface area (Å²) in [4.78, 5) is 35.8. The number of benzene rings is 1. The van der Waals surface area contributed by atoms with E-state index >= 15 is 0 Å². The number of aliphatic hydroxyl groups is 1. The Morgan fingerprint density at radius 2 is 2.03 bits per heavy atom. The number of nitrogens with zero attached hydrogens (tertiary/aromatic N) is 2. The van der Waals surface area contributed by atoms with E-state index in [1.165, 1.54) is 11.3 Å². The summed E-state index contributed by atoms with van der Waals surface area (Å²) in [5.74, 6) is 0.0847. The van der Waals surface area contributed by atoms with Crippen LogP contribution < -0.4 is 5.56 Å². The molecular weight excluding hydrogens is 454 g/mol. The maximum absolute atomic E-state index is 12.8. The lowest BCUT2D eigenvalue weighted by Crippen LogP contribution is -2.37. The molecule has 3 aromatic rings. The Morgan fingerprint density at radius 3 is 2.71 bits per heavy atom. The first-order valence-electron chi connectivity index (χ1n) is 11.6. The number of carbonyl (C=O) groups is 1. The fourth-order valence-corrected chi connectivity index (χ4v) is 4.99. The molecule has 1 saturated carbocycles. The van der Waals surface area contributed by atoms with Crippen molar-refractivity contribution < 1.29 is 19.4 Å². The summed E-state index contributed by atoms with van der Waals surface area (Å²) in [5, 5.41) is 11.0. The number of aryl methyl sites for hydroxylation is 1. The van der Waals surface area contributed by atoms with Gasteiger partial charge in [0, 0.05) is 12.6 Å². The molecule has 1 aliphatic carbocycles. The van der Waals surface area contributed by atoms with Crippen molar-refractivity contribution in [3.63, 3.8) is 0 Å². The predicted molar refractivity (Wildman–Crippen MR) is 131 cm³/mol. The first kappa shape index (κ1) is 24.5. The van der Waals surface area contributed by atoms with Crippen molar-refractivity contribution in [3.05, 3.63) is 62.5 Å². The summed E-state index contributed by atoms with van der Waals surface area (Å²) in [6.45, 7) is 6.84. The highest BCUT2D eigenvalue weighted by molar-refractivity contribution is 7.20. The molecule has 4 rings (SSSR count). The molecule has 1 aliphatic rings. The lowest BCUT2D eigenvalue weighted by Gasteiger charge is -2.24. The van der Waals surface area contributed by atoms with Crippen LogP contribution in [0.15, 0.2) is 35.1 Å². The molecule has 0 amide bonds. The zero-order valence-electron chi connectivity index (χ0n) is 19.7. The highest BCUT2D eigenvalue weighted by Crippen LogP contribution is 2.30. The minimum absolute atomic E-state index is 0.229. The normalized spacial score (nSPS) is 14.8. The number of hydrogen-bond donors (Lipinski definition) is 2. The Morgan fingerprint density at radius 1 is 1.29 bits per heavy atom. The molecule has 0 aliphatic heterocycles. The number of fused-ring (bicyclic) bond motifs is 1. The second kappa shape index (κ2) is 10.8. The van der Waals surface area contributed by atoms with E-state index in [-0.39, 0.29) is 18.3 Å². The van der Waals surface area contributed by atoms with Gasteiger partial charge in [0.1, 0.15) is 15.5 Å². The highest BCUT2D eigenvalue weighted by Gasteiger charge is 2.31. The minimum Gasteiger partial charge on any atom is -0.459 e. The lowest BCUT2D eigenvalue weighted by atomic mass is 10.2. The molecule has 2 heterocycles. The zero-order chi connectivity index (χ0) is 24.2. The van der Waals surface area contributed by atoms with Gasteiger partial charge in [0.05, 0.1) is 37.4 Å². The summed E-state index contributed by atoms with van der Waals surface area (Å²) >= 11 is 1.18. The maximum Gasteiger partial charge on any atom is 0.348 e. The Balaban J connectivity index is 1.43. The third-order valence-corrected chi connectivity index (χ3v) is 6.83. The van der Waals surface area contributed by atoms with Crippen molar-refractivity contribution in [2.45, 2.75) is 65.0 Å². The van der Waals surface area contributed by atoms with Crippen LogP contribution in [0.25, 0.3) is 10.2 Å². The molecule has 8 nitrogen and oxygen atoms in total. The van der Waals surface area contributed by atoms with Crippen LogP contribution in [-0.4, -0.2) is 57.3 Å². The van der Waals surface area contributed by atoms with E-state index in [0.29, 0.717) is 52.2 Å². The van der Waals surface area contributed by atoms with Gasteiger partial charge in [-0.1, -0.05) is 30.3 Å². The average Bonchev–Trinajstić information content (AvgIpc) is 3.57. The molecule has 0 bridgehead atoms. The van der Waals surface area contributed by atoms with E-state index in [2.05, 4.69) is 14.9 Å². The SMILES string of the molecule is Cc1c(C(=O)OC(C)C)sc2nc(CN(CC(O)COCc3ccccc3)C3CC3)[nH]c(=O)c12. The second-order valence-electron chi connectivity index (χ2n) is 9.02. The molecule has 0 radical (unpaired) electrons. The van der Waals surface area contributed by atoms with Gasteiger partial charge in [-0.3, -0.25) is 9.69 Å². The first-order chi connectivity index (χ1) is 16.3. The number of nitrogens with one attached hydrogen (secondary N) is 1. The molecule has 182 valence electrons. The van der Waals surface area contributed by atoms with Gasteiger partial charge in [-0.15, -0.1) is 11.3 Å². The zero-order valence-corrected chi connectivity index (χ0v) is 20.6. The van der Waals surface area contributed by atoms with E-state index in [0.717, 1.165) is 18.4 Å². The molecule has 1 aromatic carbocycles. The Kier molecular flexibility index (Phi) is 7.77. The fraction of sp³-hybridized carbons (Fsp3) is 0.480. The van der Waals surface area contributed by atoms with Crippen LogP contribution in [0.5, 0.6) is 0 Å². The van der Waals surface area contributed by atoms with E-state index < -0.39 is 12.1 Å². The van der Waals surface area contributed by atoms with Gasteiger partial charge in [0.15, 0.2) is 0 Å². The van der Waals surface area contributed by atoms with Gasteiger partial charge in [0.2, 0.25) is 0 Å². The largest absolute Gasteiger partial charge is 0.459 e. The number of esters is 1. The van der Waals surface area contributed by atoms with Crippen molar-refractivity contribution in [2.24, 2.45) is 0 Å². The smallest absolute Gasteiger partial charge is 0.348 e. The molecule has 1 unspecified atom stereocenters. The number of aromatic amines is 1. The number of H-pyrrole nitrogens is 1. The molecule has 1 atom stereocenters. The van der Waals surface area contributed by atoms with Gasteiger partial charge in [0.25, 0.3) is 5.56 Å². The van der Waals surface area contributed by atoms with Crippen molar-refractivity contribution >= 4 is 27.5 Å². The third-order valence-electron chi connectivity index (χ3n) is 5.66. The van der Waals surface area contributed by atoms with Crippen molar-refractivity contribution in [3.8, 4) is 0 Å². The maximum atomic E-state index is 12.8. The monoisotopic (exact) mass is 485 g/mol. The number of rotatable bonds is 11. The molecule has 9 heteroatoms. The summed E-state index contributed by atoms with van der Waals surface area (Å²) in [7, 11) is 0. The summed E-state index contributed by atoms with van der Waals surface area (Å²) < 4.78 is 11.0. The van der Waals surface area contributed by atoms with Crippen LogP contribution in [-0.2, 0) is 22.6 Å². The number of aromatic nitrogens is 2. The quantitative estimate of drug-likeness (QED) is 0.401. The van der Waals surface area contributed by atoms with Crippen LogP contribution in [0.1, 0.15) is 53.3 Å². The van der Waals surface area contributed by atoms with Gasteiger partial charge >= 0.3 is 5.97 Å². The fourth-order valence-electron chi connectivity index (χ4n) is 3.91. The summed E-state index contributed by atoms with van der Waals surface area (Å²) in [6, 6.07) is 10.2. The van der Waals surface area contributed by atoms with Crippen LogP contribution in [0.2, 0.25) is 0 Å². The number of aliphatic hydroxyl groups excluding tert-OH is 1. The Labute approximate surface area is 202 Å². The number of carbonyl (C=O) groups excluding carboxylic acids is 1. The standard InChI is InChI=1S/C25H31N3O5S/c1-15(2)33-25(31)22-16(3)21-23(30)26-20(27-24(21)34-22)12-28(18-9-10-18)11-19(29)14-32-13-17-7-5-4-6-8-17/h4-8,15,18-19,29H,9-14H2,1-3H3,(H,26,27,30).